The zero-order valence-electron chi connectivity index (χ0n) is 16.4. The van der Waals surface area contributed by atoms with Crippen molar-refractivity contribution >= 4 is 11.6 Å². The van der Waals surface area contributed by atoms with E-state index >= 15 is 0 Å². The quantitative estimate of drug-likeness (QED) is 0.819. The van der Waals surface area contributed by atoms with Crippen molar-refractivity contribution in [2.75, 3.05) is 51.3 Å². The Hall–Kier alpha value is -1.79. The monoisotopic (exact) mass is 361 g/mol. The third kappa shape index (κ3) is 4.30. The zero-order chi connectivity index (χ0) is 18.7. The molecular weight excluding hydrogens is 330 g/mol. The molecule has 0 aromatic heterocycles. The molecule has 1 aromatic rings. The van der Waals surface area contributed by atoms with Crippen LogP contribution in [0.25, 0.3) is 0 Å². The number of nitrogens with zero attached hydrogens (tertiary/aromatic N) is 3. The summed E-state index contributed by atoms with van der Waals surface area (Å²) in [5, 5.41) is 0. The van der Waals surface area contributed by atoms with Gasteiger partial charge in [0.25, 0.3) is 0 Å². The van der Waals surface area contributed by atoms with Crippen molar-refractivity contribution in [3.8, 4) is 5.75 Å². The zero-order valence-corrected chi connectivity index (χ0v) is 16.4. The molecule has 2 fully saturated rings. The van der Waals surface area contributed by atoms with E-state index in [9.17, 15) is 4.79 Å². The molecule has 3 atom stereocenters. The molecule has 0 N–H and O–H groups in total. The van der Waals surface area contributed by atoms with Crippen LogP contribution in [0, 0.1) is 0 Å². The molecule has 0 saturated carbocycles. The Labute approximate surface area is 156 Å². The van der Waals surface area contributed by atoms with Crippen molar-refractivity contribution in [2.45, 2.75) is 39.0 Å². The predicted octanol–water partition coefficient (Wildman–Crippen LogP) is 1.84. The van der Waals surface area contributed by atoms with Crippen molar-refractivity contribution in [3.63, 3.8) is 0 Å². The second-order valence-corrected chi connectivity index (χ2v) is 7.40. The lowest BCUT2D eigenvalue weighted by atomic mass is 10.1. The van der Waals surface area contributed by atoms with Gasteiger partial charge in [-0.05, 0) is 32.9 Å². The lowest BCUT2D eigenvalue weighted by molar-refractivity contribution is -0.148. The van der Waals surface area contributed by atoms with Gasteiger partial charge in [0.1, 0.15) is 5.75 Å². The lowest BCUT2D eigenvalue weighted by Gasteiger charge is -2.42. The van der Waals surface area contributed by atoms with Gasteiger partial charge in [-0.25, -0.2) is 0 Å². The Balaban J connectivity index is 1.56. The number of benzene rings is 1. The molecule has 3 rings (SSSR count). The molecule has 0 bridgehead atoms. The number of carbonyl (C=O) groups is 1. The molecule has 6 heteroatoms. The van der Waals surface area contributed by atoms with E-state index in [2.05, 4.69) is 21.9 Å². The molecule has 144 valence electrons. The van der Waals surface area contributed by atoms with Crippen LogP contribution in [-0.2, 0) is 9.53 Å². The topological polar surface area (TPSA) is 45.2 Å². The van der Waals surface area contributed by atoms with Crippen LogP contribution in [0.15, 0.2) is 24.3 Å². The fraction of sp³-hybridized carbons (Fsp3) is 0.650. The minimum atomic E-state index is -0.0834. The molecule has 1 amide bonds. The summed E-state index contributed by atoms with van der Waals surface area (Å²) in [6.45, 7) is 11.1. The molecule has 2 aliphatic rings. The fourth-order valence-corrected chi connectivity index (χ4v) is 3.95. The predicted molar refractivity (Wildman–Crippen MR) is 103 cm³/mol. The van der Waals surface area contributed by atoms with E-state index in [4.69, 9.17) is 9.47 Å². The highest BCUT2D eigenvalue weighted by atomic mass is 16.5. The molecular formula is C20H31N3O3. The largest absolute Gasteiger partial charge is 0.497 e. The minimum absolute atomic E-state index is 0.0834. The average molecular weight is 361 g/mol. The Morgan fingerprint density at radius 1 is 1.15 bits per heavy atom. The average Bonchev–Trinajstić information content (AvgIpc) is 2.66. The van der Waals surface area contributed by atoms with E-state index in [0.717, 1.165) is 31.9 Å². The van der Waals surface area contributed by atoms with Gasteiger partial charge in [-0.2, -0.15) is 0 Å². The van der Waals surface area contributed by atoms with Crippen LogP contribution in [0.2, 0.25) is 0 Å². The third-order valence-electron chi connectivity index (χ3n) is 5.37. The first-order chi connectivity index (χ1) is 12.5. The maximum atomic E-state index is 12.9. The van der Waals surface area contributed by atoms with E-state index in [1.807, 2.05) is 37.8 Å². The number of amides is 1. The first-order valence-electron chi connectivity index (χ1n) is 9.55. The van der Waals surface area contributed by atoms with Crippen LogP contribution in [0.1, 0.15) is 20.8 Å². The van der Waals surface area contributed by atoms with Crippen molar-refractivity contribution in [1.82, 2.24) is 9.80 Å². The molecule has 2 heterocycles. The summed E-state index contributed by atoms with van der Waals surface area (Å²) in [4.78, 5) is 19.5. The maximum Gasteiger partial charge on any atom is 0.239 e. The SMILES string of the molecule is COc1cccc(N2CCN([C@@H](C)C(=O)N3C[C@@H](C)O[C@@H](C)C3)CC2)c1. The second kappa shape index (κ2) is 8.27. The summed E-state index contributed by atoms with van der Waals surface area (Å²) >= 11 is 0. The van der Waals surface area contributed by atoms with Gasteiger partial charge >= 0.3 is 0 Å². The Bertz CT molecular complexity index is 606. The van der Waals surface area contributed by atoms with E-state index in [1.165, 1.54) is 5.69 Å². The number of rotatable bonds is 4. The van der Waals surface area contributed by atoms with E-state index < -0.39 is 0 Å². The highest BCUT2D eigenvalue weighted by molar-refractivity contribution is 5.81. The molecule has 26 heavy (non-hydrogen) atoms. The fourth-order valence-electron chi connectivity index (χ4n) is 3.95. The van der Waals surface area contributed by atoms with Gasteiger partial charge in [-0.3, -0.25) is 9.69 Å². The van der Waals surface area contributed by atoms with Gasteiger partial charge in [0.2, 0.25) is 5.91 Å². The molecule has 0 spiro atoms. The van der Waals surface area contributed by atoms with E-state index in [0.29, 0.717) is 13.1 Å². The van der Waals surface area contributed by atoms with Crippen LogP contribution in [0.4, 0.5) is 5.69 Å². The lowest BCUT2D eigenvalue weighted by Crippen LogP contribution is -2.57. The van der Waals surface area contributed by atoms with Gasteiger partial charge in [0, 0.05) is 51.0 Å². The minimum Gasteiger partial charge on any atom is -0.497 e. The van der Waals surface area contributed by atoms with Gasteiger partial charge in [-0.1, -0.05) is 6.07 Å². The first-order valence-corrected chi connectivity index (χ1v) is 9.55. The van der Waals surface area contributed by atoms with Crippen molar-refractivity contribution in [2.24, 2.45) is 0 Å². The number of ether oxygens (including phenoxy) is 2. The number of piperazine rings is 1. The molecule has 2 aliphatic heterocycles. The van der Waals surface area contributed by atoms with Crippen LogP contribution < -0.4 is 9.64 Å². The number of anilines is 1. The van der Waals surface area contributed by atoms with Crippen LogP contribution in [0.3, 0.4) is 0 Å². The summed E-state index contributed by atoms with van der Waals surface area (Å²) in [5.74, 6) is 1.10. The summed E-state index contributed by atoms with van der Waals surface area (Å²) < 4.78 is 11.1. The van der Waals surface area contributed by atoms with Crippen LogP contribution in [-0.4, -0.2) is 80.3 Å². The van der Waals surface area contributed by atoms with Gasteiger partial charge in [-0.15, -0.1) is 0 Å². The smallest absolute Gasteiger partial charge is 0.239 e. The third-order valence-corrected chi connectivity index (χ3v) is 5.37. The first kappa shape index (κ1) is 19.0. The number of carbonyl (C=O) groups excluding carboxylic acids is 1. The van der Waals surface area contributed by atoms with E-state index in [1.54, 1.807) is 7.11 Å². The van der Waals surface area contributed by atoms with Gasteiger partial charge in [0.15, 0.2) is 0 Å². The van der Waals surface area contributed by atoms with Crippen LogP contribution >= 0.6 is 0 Å². The molecule has 0 aliphatic carbocycles. The highest BCUT2D eigenvalue weighted by Crippen LogP contribution is 2.23. The normalized spacial score (nSPS) is 25.8. The standard InChI is InChI=1S/C20H31N3O3/c1-15-13-23(14-16(2)26-15)20(24)17(3)21-8-10-22(11-9-21)18-6-5-7-19(12-18)25-4/h5-7,12,15-17H,8-11,13-14H2,1-4H3/t15-,16+,17-/m0/s1. The number of hydrogen-bond donors (Lipinski definition) is 0. The van der Waals surface area contributed by atoms with Gasteiger partial charge in [0.05, 0.1) is 25.4 Å². The molecule has 2 saturated heterocycles. The Kier molecular flexibility index (Phi) is 6.04. The Morgan fingerprint density at radius 2 is 1.81 bits per heavy atom. The van der Waals surface area contributed by atoms with Crippen LogP contribution in [0.5, 0.6) is 5.75 Å². The number of methoxy groups -OCH3 is 1. The van der Waals surface area contributed by atoms with Crippen molar-refractivity contribution in [3.05, 3.63) is 24.3 Å². The van der Waals surface area contributed by atoms with Crippen molar-refractivity contribution in [1.29, 1.82) is 0 Å². The summed E-state index contributed by atoms with van der Waals surface area (Å²) in [7, 11) is 1.69. The van der Waals surface area contributed by atoms with E-state index in [-0.39, 0.29) is 24.2 Å². The second-order valence-electron chi connectivity index (χ2n) is 7.40. The summed E-state index contributed by atoms with van der Waals surface area (Å²) in [6, 6.07) is 8.09. The molecule has 0 unspecified atom stereocenters. The molecule has 1 aromatic carbocycles. The van der Waals surface area contributed by atoms with Crippen molar-refractivity contribution < 1.29 is 14.3 Å². The Morgan fingerprint density at radius 3 is 2.42 bits per heavy atom. The number of morpholine rings is 1. The number of hydrogen-bond acceptors (Lipinski definition) is 5. The molecule has 6 nitrogen and oxygen atoms in total. The maximum absolute atomic E-state index is 12.9. The van der Waals surface area contributed by atoms with Gasteiger partial charge < -0.3 is 19.3 Å². The summed E-state index contributed by atoms with van der Waals surface area (Å²) in [5.41, 5.74) is 1.18. The highest BCUT2D eigenvalue weighted by Gasteiger charge is 2.32. The summed E-state index contributed by atoms with van der Waals surface area (Å²) in [6.07, 6.45) is 0.222. The molecule has 0 radical (unpaired) electrons.